The van der Waals surface area contributed by atoms with E-state index in [-0.39, 0.29) is 11.9 Å². The topological polar surface area (TPSA) is 57.8 Å². The number of rotatable bonds is 4. The molecule has 0 spiro atoms. The first-order chi connectivity index (χ1) is 10.7. The van der Waals surface area contributed by atoms with Crippen molar-refractivity contribution in [3.8, 4) is 11.1 Å². The van der Waals surface area contributed by atoms with Gasteiger partial charge in [-0.1, -0.05) is 0 Å². The number of carbonyl (C=O) groups excluding carboxylic acids is 1. The standard InChI is InChI=1S/C16H17N3OS2/c1-11(4-6-17)18-15(20)14-12-5-9-21-10-13(12)22-16(14)19-7-2-3-8-19/h2-3,7-8,11H,4-5,9-10H2,1H3,(H,18,20). The lowest BCUT2D eigenvalue weighted by molar-refractivity contribution is 0.0940. The van der Waals surface area contributed by atoms with Crippen LogP contribution in [0.4, 0.5) is 0 Å². The average molecular weight is 331 g/mol. The van der Waals surface area contributed by atoms with Gasteiger partial charge in [0.15, 0.2) is 0 Å². The van der Waals surface area contributed by atoms with Crippen LogP contribution in [0.25, 0.3) is 5.00 Å². The first kappa shape index (κ1) is 15.2. The number of carbonyl (C=O) groups is 1. The summed E-state index contributed by atoms with van der Waals surface area (Å²) < 4.78 is 2.01. The highest BCUT2D eigenvalue weighted by Gasteiger charge is 2.26. The van der Waals surface area contributed by atoms with Crippen molar-refractivity contribution in [1.82, 2.24) is 9.88 Å². The molecule has 114 valence electrons. The second-order valence-corrected chi connectivity index (χ2v) is 7.50. The largest absolute Gasteiger partial charge is 0.348 e. The quantitative estimate of drug-likeness (QED) is 0.934. The molecule has 4 nitrogen and oxygen atoms in total. The number of nitriles is 1. The molecule has 1 amide bonds. The van der Waals surface area contributed by atoms with Crippen molar-refractivity contribution in [2.45, 2.75) is 31.6 Å². The number of hydrogen-bond donors (Lipinski definition) is 1. The van der Waals surface area contributed by atoms with Crippen molar-refractivity contribution in [3.05, 3.63) is 40.5 Å². The van der Waals surface area contributed by atoms with E-state index in [1.165, 1.54) is 10.4 Å². The van der Waals surface area contributed by atoms with Crippen LogP contribution in [0.2, 0.25) is 0 Å². The minimum Gasteiger partial charge on any atom is -0.348 e. The summed E-state index contributed by atoms with van der Waals surface area (Å²) in [6, 6.07) is 5.90. The molecule has 0 radical (unpaired) electrons. The number of hydrogen-bond acceptors (Lipinski definition) is 4. The molecule has 0 bridgehead atoms. The fraction of sp³-hybridized carbons (Fsp3) is 0.375. The van der Waals surface area contributed by atoms with Crippen molar-refractivity contribution in [2.24, 2.45) is 0 Å². The molecule has 0 saturated heterocycles. The number of fused-ring (bicyclic) bond motifs is 1. The van der Waals surface area contributed by atoms with Gasteiger partial charge in [0.2, 0.25) is 0 Å². The maximum atomic E-state index is 12.7. The smallest absolute Gasteiger partial charge is 0.254 e. The van der Waals surface area contributed by atoms with E-state index in [1.807, 2.05) is 47.8 Å². The molecular weight excluding hydrogens is 314 g/mol. The molecule has 0 fully saturated rings. The molecule has 2 aromatic rings. The Morgan fingerprint density at radius 3 is 3.00 bits per heavy atom. The Morgan fingerprint density at radius 2 is 2.27 bits per heavy atom. The molecule has 1 N–H and O–H groups in total. The summed E-state index contributed by atoms with van der Waals surface area (Å²) in [6.45, 7) is 1.87. The Bertz CT molecular complexity index is 713. The first-order valence-corrected chi connectivity index (χ1v) is 9.21. The first-order valence-electron chi connectivity index (χ1n) is 7.24. The van der Waals surface area contributed by atoms with E-state index in [2.05, 4.69) is 11.4 Å². The Kier molecular flexibility index (Phi) is 4.55. The number of thioether (sulfide) groups is 1. The fourth-order valence-corrected chi connectivity index (χ4v) is 5.03. The number of thiophene rings is 1. The summed E-state index contributed by atoms with van der Waals surface area (Å²) in [5.74, 6) is 1.98. The van der Waals surface area contributed by atoms with Crippen LogP contribution in [-0.2, 0) is 12.2 Å². The zero-order chi connectivity index (χ0) is 15.5. The average Bonchev–Trinajstić information content (AvgIpc) is 3.14. The Hall–Kier alpha value is -1.71. The van der Waals surface area contributed by atoms with Gasteiger partial charge in [0.25, 0.3) is 5.91 Å². The van der Waals surface area contributed by atoms with Gasteiger partial charge in [0.05, 0.1) is 18.1 Å². The zero-order valence-corrected chi connectivity index (χ0v) is 14.0. The van der Waals surface area contributed by atoms with Gasteiger partial charge < -0.3 is 9.88 Å². The molecule has 1 aliphatic rings. The summed E-state index contributed by atoms with van der Waals surface area (Å²) in [5, 5.41) is 12.7. The molecule has 1 aliphatic heterocycles. The molecule has 6 heteroatoms. The molecule has 2 aromatic heterocycles. The Balaban J connectivity index is 1.99. The highest BCUT2D eigenvalue weighted by Crippen LogP contribution is 2.38. The van der Waals surface area contributed by atoms with Crippen LogP contribution in [0.15, 0.2) is 24.5 Å². The molecule has 3 rings (SSSR count). The van der Waals surface area contributed by atoms with Gasteiger partial charge >= 0.3 is 0 Å². The maximum Gasteiger partial charge on any atom is 0.254 e. The third-order valence-corrected chi connectivity index (χ3v) is 6.06. The minimum atomic E-state index is -0.136. The van der Waals surface area contributed by atoms with Gasteiger partial charge in [-0.15, -0.1) is 11.3 Å². The lowest BCUT2D eigenvalue weighted by Gasteiger charge is -2.15. The van der Waals surface area contributed by atoms with Gasteiger partial charge in [0, 0.05) is 29.1 Å². The number of amides is 1. The van der Waals surface area contributed by atoms with Gasteiger partial charge in [-0.2, -0.15) is 17.0 Å². The predicted molar refractivity (Wildman–Crippen MR) is 90.7 cm³/mol. The van der Waals surface area contributed by atoms with E-state index >= 15 is 0 Å². The van der Waals surface area contributed by atoms with Crippen LogP contribution in [0.1, 0.15) is 34.1 Å². The van der Waals surface area contributed by atoms with Crippen molar-refractivity contribution in [3.63, 3.8) is 0 Å². The molecular formula is C16H17N3OS2. The second kappa shape index (κ2) is 6.59. The second-order valence-electron chi connectivity index (χ2n) is 5.31. The van der Waals surface area contributed by atoms with Crippen LogP contribution >= 0.6 is 23.1 Å². The van der Waals surface area contributed by atoms with E-state index < -0.39 is 0 Å². The molecule has 1 unspecified atom stereocenters. The molecule has 3 heterocycles. The van der Waals surface area contributed by atoms with Crippen LogP contribution in [0, 0.1) is 11.3 Å². The monoisotopic (exact) mass is 331 g/mol. The minimum absolute atomic E-state index is 0.0594. The van der Waals surface area contributed by atoms with E-state index in [1.54, 1.807) is 11.3 Å². The van der Waals surface area contributed by atoms with Gasteiger partial charge in [-0.25, -0.2) is 0 Å². The van der Waals surface area contributed by atoms with Crippen LogP contribution in [-0.4, -0.2) is 22.3 Å². The molecule has 0 aromatic carbocycles. The molecule has 22 heavy (non-hydrogen) atoms. The summed E-state index contributed by atoms with van der Waals surface area (Å²) >= 11 is 3.62. The van der Waals surface area contributed by atoms with Gasteiger partial charge in [-0.3, -0.25) is 4.79 Å². The number of nitrogens with zero attached hydrogens (tertiary/aromatic N) is 2. The van der Waals surface area contributed by atoms with E-state index in [0.29, 0.717) is 6.42 Å². The summed E-state index contributed by atoms with van der Waals surface area (Å²) in [7, 11) is 0. The maximum absolute atomic E-state index is 12.7. The van der Waals surface area contributed by atoms with Crippen LogP contribution in [0.3, 0.4) is 0 Å². The van der Waals surface area contributed by atoms with Crippen LogP contribution in [0.5, 0.6) is 0 Å². The van der Waals surface area contributed by atoms with Crippen molar-refractivity contribution < 1.29 is 4.79 Å². The highest BCUT2D eigenvalue weighted by atomic mass is 32.2. The molecule has 0 saturated carbocycles. The zero-order valence-electron chi connectivity index (χ0n) is 12.3. The third-order valence-electron chi connectivity index (χ3n) is 3.64. The SMILES string of the molecule is CC(CC#N)NC(=O)c1c(-n2cccc2)sc2c1CCSC2. The van der Waals surface area contributed by atoms with Crippen molar-refractivity contribution >= 4 is 29.0 Å². The van der Waals surface area contributed by atoms with E-state index in [0.717, 1.165) is 28.5 Å². The van der Waals surface area contributed by atoms with E-state index in [9.17, 15) is 4.79 Å². The Labute approximate surface area is 138 Å². The predicted octanol–water partition coefficient (Wildman–Crippen LogP) is 3.36. The molecule has 0 aliphatic carbocycles. The molecule has 1 atom stereocenters. The van der Waals surface area contributed by atoms with Gasteiger partial charge in [0.1, 0.15) is 5.00 Å². The van der Waals surface area contributed by atoms with Crippen molar-refractivity contribution in [2.75, 3.05) is 5.75 Å². The number of nitrogens with one attached hydrogen (secondary N) is 1. The van der Waals surface area contributed by atoms with Crippen LogP contribution < -0.4 is 5.32 Å². The lowest BCUT2D eigenvalue weighted by atomic mass is 10.1. The highest BCUT2D eigenvalue weighted by molar-refractivity contribution is 7.98. The summed E-state index contributed by atoms with van der Waals surface area (Å²) in [5.41, 5.74) is 1.98. The summed E-state index contributed by atoms with van der Waals surface area (Å²) in [4.78, 5) is 14.0. The van der Waals surface area contributed by atoms with Gasteiger partial charge in [-0.05, 0) is 36.8 Å². The third kappa shape index (κ3) is 2.92. The van der Waals surface area contributed by atoms with E-state index in [4.69, 9.17) is 5.26 Å². The van der Waals surface area contributed by atoms with Crippen molar-refractivity contribution in [1.29, 1.82) is 5.26 Å². The summed E-state index contributed by atoms with van der Waals surface area (Å²) in [6.07, 6.45) is 5.21. The number of aromatic nitrogens is 1. The Morgan fingerprint density at radius 1 is 1.50 bits per heavy atom. The normalized spacial score (nSPS) is 14.9. The fourth-order valence-electron chi connectivity index (χ4n) is 2.59. The lowest BCUT2D eigenvalue weighted by Crippen LogP contribution is -2.33.